The van der Waals surface area contributed by atoms with E-state index in [9.17, 15) is 5.11 Å². The van der Waals surface area contributed by atoms with Crippen LogP contribution in [0.15, 0.2) is 35.9 Å². The molecule has 0 unspecified atom stereocenters. The van der Waals surface area contributed by atoms with Gasteiger partial charge in [-0.1, -0.05) is 23.8 Å². The molecule has 1 heterocycles. The van der Waals surface area contributed by atoms with Crippen LogP contribution in [0.2, 0.25) is 0 Å². The van der Waals surface area contributed by atoms with Gasteiger partial charge in [-0.2, -0.15) is 0 Å². The van der Waals surface area contributed by atoms with E-state index in [1.165, 1.54) is 5.57 Å². The maximum atomic E-state index is 9.50. The number of hydrogen-bond acceptors (Lipinski definition) is 3. The first kappa shape index (κ1) is 11.0. The van der Waals surface area contributed by atoms with Crippen molar-refractivity contribution in [1.29, 1.82) is 0 Å². The first-order valence-electron chi connectivity index (χ1n) is 5.65. The zero-order valence-electron chi connectivity index (χ0n) is 9.28. The van der Waals surface area contributed by atoms with Crippen LogP contribution in [0.3, 0.4) is 0 Å². The van der Waals surface area contributed by atoms with Gasteiger partial charge in [0, 0.05) is 13.0 Å². The van der Waals surface area contributed by atoms with E-state index in [1.54, 1.807) is 18.2 Å². The summed E-state index contributed by atoms with van der Waals surface area (Å²) in [5, 5.41) is 12.8. The number of phenols is 1. The van der Waals surface area contributed by atoms with E-state index in [1.807, 2.05) is 6.07 Å². The van der Waals surface area contributed by atoms with Crippen molar-refractivity contribution in [2.75, 3.05) is 19.7 Å². The number of ether oxygens (including phenoxy) is 1. The molecular formula is C13H17NO2. The zero-order valence-corrected chi connectivity index (χ0v) is 9.28. The summed E-state index contributed by atoms with van der Waals surface area (Å²) in [6.45, 7) is 2.65. The van der Waals surface area contributed by atoms with Crippen LogP contribution in [0, 0.1) is 0 Å². The Morgan fingerprint density at radius 1 is 1.31 bits per heavy atom. The molecule has 0 radical (unpaired) electrons. The van der Waals surface area contributed by atoms with Crippen molar-refractivity contribution in [1.82, 2.24) is 5.32 Å². The average molecular weight is 219 g/mol. The van der Waals surface area contributed by atoms with E-state index in [-0.39, 0.29) is 5.75 Å². The van der Waals surface area contributed by atoms with Gasteiger partial charge in [0.25, 0.3) is 0 Å². The minimum Gasteiger partial charge on any atom is -0.504 e. The Morgan fingerprint density at radius 3 is 2.94 bits per heavy atom. The minimum atomic E-state index is 0.207. The van der Waals surface area contributed by atoms with E-state index >= 15 is 0 Å². The summed E-state index contributed by atoms with van der Waals surface area (Å²) in [4.78, 5) is 0. The molecule has 0 aliphatic carbocycles. The highest BCUT2D eigenvalue weighted by Gasteiger charge is 2.04. The highest BCUT2D eigenvalue weighted by Crippen LogP contribution is 2.24. The molecule has 1 aliphatic rings. The second-order valence-corrected chi connectivity index (χ2v) is 3.89. The number of para-hydroxylation sites is 2. The molecule has 0 spiro atoms. The topological polar surface area (TPSA) is 41.5 Å². The molecule has 0 amide bonds. The molecular weight excluding hydrogens is 202 g/mol. The van der Waals surface area contributed by atoms with Gasteiger partial charge in [0.2, 0.25) is 0 Å². The van der Waals surface area contributed by atoms with Crippen molar-refractivity contribution in [3.63, 3.8) is 0 Å². The lowest BCUT2D eigenvalue weighted by Gasteiger charge is -2.14. The molecule has 0 saturated carbocycles. The Morgan fingerprint density at radius 2 is 2.19 bits per heavy atom. The fourth-order valence-electron chi connectivity index (χ4n) is 1.76. The number of phenolic OH excluding ortho intramolecular Hbond substituents is 1. The van der Waals surface area contributed by atoms with E-state index in [0.29, 0.717) is 12.4 Å². The average Bonchev–Trinajstić information content (AvgIpc) is 2.33. The summed E-state index contributed by atoms with van der Waals surface area (Å²) < 4.78 is 5.52. The largest absolute Gasteiger partial charge is 0.504 e. The third kappa shape index (κ3) is 3.00. The molecule has 1 aromatic carbocycles. The van der Waals surface area contributed by atoms with E-state index < -0.39 is 0 Å². The zero-order chi connectivity index (χ0) is 11.2. The smallest absolute Gasteiger partial charge is 0.160 e. The van der Waals surface area contributed by atoms with Gasteiger partial charge in [-0.15, -0.1) is 0 Å². The predicted molar refractivity (Wildman–Crippen MR) is 63.8 cm³/mol. The van der Waals surface area contributed by atoms with Gasteiger partial charge in [0.1, 0.15) is 0 Å². The molecule has 2 rings (SSSR count). The quantitative estimate of drug-likeness (QED) is 0.762. The molecule has 1 aliphatic heterocycles. The lowest BCUT2D eigenvalue weighted by atomic mass is 10.1. The summed E-state index contributed by atoms with van der Waals surface area (Å²) in [5.41, 5.74) is 1.39. The second kappa shape index (κ2) is 5.56. The van der Waals surface area contributed by atoms with Gasteiger partial charge in [-0.3, -0.25) is 0 Å². The number of hydrogen-bond donors (Lipinski definition) is 2. The van der Waals surface area contributed by atoms with Crippen LogP contribution in [-0.2, 0) is 0 Å². The van der Waals surface area contributed by atoms with Crippen LogP contribution in [0.25, 0.3) is 0 Å². The molecule has 3 heteroatoms. The van der Waals surface area contributed by atoms with Crippen molar-refractivity contribution in [3.8, 4) is 11.5 Å². The first-order chi connectivity index (χ1) is 7.86. The lowest BCUT2D eigenvalue weighted by molar-refractivity contribution is 0.301. The van der Waals surface area contributed by atoms with Crippen LogP contribution < -0.4 is 10.1 Å². The Hall–Kier alpha value is -1.48. The SMILES string of the molecule is Oc1ccccc1OCCC1=CCCNC1. The normalized spacial score (nSPS) is 15.6. The maximum Gasteiger partial charge on any atom is 0.160 e. The van der Waals surface area contributed by atoms with Crippen molar-refractivity contribution < 1.29 is 9.84 Å². The molecule has 86 valence electrons. The molecule has 0 aromatic heterocycles. The van der Waals surface area contributed by atoms with Gasteiger partial charge in [-0.25, -0.2) is 0 Å². The number of rotatable bonds is 4. The van der Waals surface area contributed by atoms with Crippen molar-refractivity contribution in [2.45, 2.75) is 12.8 Å². The first-order valence-corrected chi connectivity index (χ1v) is 5.65. The van der Waals surface area contributed by atoms with Gasteiger partial charge in [0.15, 0.2) is 11.5 Å². The van der Waals surface area contributed by atoms with Crippen LogP contribution in [0.5, 0.6) is 11.5 Å². The van der Waals surface area contributed by atoms with Crippen LogP contribution in [0.1, 0.15) is 12.8 Å². The van der Waals surface area contributed by atoms with Crippen LogP contribution in [0.4, 0.5) is 0 Å². The van der Waals surface area contributed by atoms with Crippen molar-refractivity contribution in [3.05, 3.63) is 35.9 Å². The third-order valence-corrected chi connectivity index (χ3v) is 2.65. The van der Waals surface area contributed by atoms with E-state index in [4.69, 9.17) is 4.74 Å². The third-order valence-electron chi connectivity index (χ3n) is 2.65. The molecule has 0 atom stereocenters. The molecule has 16 heavy (non-hydrogen) atoms. The Kier molecular flexibility index (Phi) is 3.83. The molecule has 0 bridgehead atoms. The van der Waals surface area contributed by atoms with Gasteiger partial charge in [0.05, 0.1) is 6.61 Å². The van der Waals surface area contributed by atoms with Crippen molar-refractivity contribution >= 4 is 0 Å². The Balaban J connectivity index is 1.80. The number of nitrogens with one attached hydrogen (secondary N) is 1. The molecule has 3 nitrogen and oxygen atoms in total. The monoisotopic (exact) mass is 219 g/mol. The summed E-state index contributed by atoms with van der Waals surface area (Å²) in [7, 11) is 0. The standard InChI is InChI=1S/C13H17NO2/c15-12-5-1-2-6-13(12)16-9-7-11-4-3-8-14-10-11/h1-2,4-6,14-15H,3,7-10H2. The molecule has 1 aromatic rings. The predicted octanol–water partition coefficient (Wildman–Crippen LogP) is 2.08. The van der Waals surface area contributed by atoms with Crippen LogP contribution >= 0.6 is 0 Å². The van der Waals surface area contributed by atoms with Gasteiger partial charge >= 0.3 is 0 Å². The van der Waals surface area contributed by atoms with E-state index in [2.05, 4.69) is 11.4 Å². The molecule has 0 fully saturated rings. The summed E-state index contributed by atoms with van der Waals surface area (Å²) >= 11 is 0. The van der Waals surface area contributed by atoms with Crippen molar-refractivity contribution in [2.24, 2.45) is 0 Å². The summed E-state index contributed by atoms with van der Waals surface area (Å²) in [5.74, 6) is 0.769. The lowest BCUT2D eigenvalue weighted by Crippen LogP contribution is -2.23. The molecule has 0 saturated heterocycles. The minimum absolute atomic E-state index is 0.207. The summed E-state index contributed by atoms with van der Waals surface area (Å²) in [6.07, 6.45) is 4.29. The van der Waals surface area contributed by atoms with E-state index in [0.717, 1.165) is 25.9 Å². The van der Waals surface area contributed by atoms with Crippen LogP contribution in [-0.4, -0.2) is 24.8 Å². The second-order valence-electron chi connectivity index (χ2n) is 3.89. The Bertz CT molecular complexity index is 374. The highest BCUT2D eigenvalue weighted by molar-refractivity contribution is 5.37. The molecule has 2 N–H and O–H groups in total. The highest BCUT2D eigenvalue weighted by atomic mass is 16.5. The Labute approximate surface area is 95.7 Å². The van der Waals surface area contributed by atoms with Gasteiger partial charge in [-0.05, 0) is 25.1 Å². The fraction of sp³-hybridized carbons (Fsp3) is 0.385. The number of aromatic hydroxyl groups is 1. The van der Waals surface area contributed by atoms with Gasteiger partial charge < -0.3 is 15.2 Å². The fourth-order valence-corrected chi connectivity index (χ4v) is 1.76. The maximum absolute atomic E-state index is 9.50. The summed E-state index contributed by atoms with van der Waals surface area (Å²) in [6, 6.07) is 7.06. The number of benzene rings is 1.